The maximum Gasteiger partial charge on any atom is 0.0900 e. The number of thiazole rings is 1. The molecule has 2 heterocycles. The van der Waals surface area contributed by atoms with Gasteiger partial charge in [-0.2, -0.15) is 0 Å². The van der Waals surface area contributed by atoms with Gasteiger partial charge in [0, 0.05) is 24.0 Å². The predicted molar refractivity (Wildman–Crippen MR) is 69.0 cm³/mol. The van der Waals surface area contributed by atoms with Crippen LogP contribution in [0.25, 0.3) is 0 Å². The van der Waals surface area contributed by atoms with E-state index in [1.807, 2.05) is 11.3 Å². The molecule has 90 valence electrons. The monoisotopic (exact) mass is 239 g/mol. The minimum absolute atomic E-state index is 0.640. The number of aryl methyl sites for hydroxylation is 2. The third-order valence-corrected chi connectivity index (χ3v) is 4.08. The molecule has 0 spiro atoms. The van der Waals surface area contributed by atoms with Crippen molar-refractivity contribution in [2.75, 3.05) is 13.1 Å². The van der Waals surface area contributed by atoms with Crippen molar-refractivity contribution < 1.29 is 0 Å². The molecule has 3 nitrogen and oxygen atoms in total. The van der Waals surface area contributed by atoms with Gasteiger partial charge in [0.15, 0.2) is 0 Å². The highest BCUT2D eigenvalue weighted by molar-refractivity contribution is 7.11. The van der Waals surface area contributed by atoms with E-state index in [1.54, 1.807) is 0 Å². The Bertz CT molecular complexity index is 329. The molecular formula is C12H21N3S. The molecule has 0 amide bonds. The fraction of sp³-hybridized carbons (Fsp3) is 0.750. The highest BCUT2D eigenvalue weighted by Crippen LogP contribution is 2.18. The van der Waals surface area contributed by atoms with E-state index in [2.05, 4.69) is 29.5 Å². The Hall–Kier alpha value is -0.450. The second-order valence-corrected chi connectivity index (χ2v) is 5.67. The molecule has 2 rings (SSSR count). The molecule has 0 radical (unpaired) electrons. The van der Waals surface area contributed by atoms with E-state index in [0.717, 1.165) is 19.5 Å². The van der Waals surface area contributed by atoms with E-state index < -0.39 is 0 Å². The van der Waals surface area contributed by atoms with Gasteiger partial charge in [-0.1, -0.05) is 6.92 Å². The largest absolute Gasteiger partial charge is 0.315 e. The average molecular weight is 239 g/mol. The van der Waals surface area contributed by atoms with Crippen molar-refractivity contribution >= 4 is 11.3 Å². The highest BCUT2D eigenvalue weighted by Gasteiger charge is 2.13. The van der Waals surface area contributed by atoms with Crippen LogP contribution >= 0.6 is 11.3 Å². The van der Waals surface area contributed by atoms with E-state index in [9.17, 15) is 0 Å². The van der Waals surface area contributed by atoms with E-state index in [1.165, 1.54) is 35.0 Å². The molecule has 1 fully saturated rings. The quantitative estimate of drug-likeness (QED) is 0.842. The molecule has 0 saturated carbocycles. The third kappa shape index (κ3) is 3.03. The van der Waals surface area contributed by atoms with E-state index in [0.29, 0.717) is 6.04 Å². The zero-order valence-electron chi connectivity index (χ0n) is 10.2. The molecule has 0 bridgehead atoms. The summed E-state index contributed by atoms with van der Waals surface area (Å²) in [5, 5.41) is 8.25. The molecule has 0 aromatic carbocycles. The molecule has 0 aliphatic carbocycles. The highest BCUT2D eigenvalue weighted by atomic mass is 32.1. The van der Waals surface area contributed by atoms with Crippen molar-refractivity contribution in [3.63, 3.8) is 0 Å². The molecule has 1 aromatic rings. The Balaban J connectivity index is 1.87. The zero-order valence-corrected chi connectivity index (χ0v) is 11.0. The van der Waals surface area contributed by atoms with Crippen LogP contribution in [0.3, 0.4) is 0 Å². The van der Waals surface area contributed by atoms with E-state index >= 15 is 0 Å². The van der Waals surface area contributed by atoms with Crippen molar-refractivity contribution in [1.29, 1.82) is 0 Å². The summed E-state index contributed by atoms with van der Waals surface area (Å²) in [5.41, 5.74) is 1.28. The first-order valence-electron chi connectivity index (χ1n) is 6.19. The number of hydrogen-bond donors (Lipinski definition) is 2. The molecule has 2 N–H and O–H groups in total. The smallest absolute Gasteiger partial charge is 0.0900 e. The minimum atomic E-state index is 0.640. The zero-order chi connectivity index (χ0) is 11.4. The van der Waals surface area contributed by atoms with Crippen LogP contribution in [0.15, 0.2) is 0 Å². The fourth-order valence-corrected chi connectivity index (χ4v) is 3.17. The van der Waals surface area contributed by atoms with Gasteiger partial charge in [0.2, 0.25) is 0 Å². The van der Waals surface area contributed by atoms with Gasteiger partial charge in [-0.3, -0.25) is 0 Å². The normalized spacial score (nSPS) is 21.2. The van der Waals surface area contributed by atoms with E-state index in [4.69, 9.17) is 0 Å². The summed E-state index contributed by atoms with van der Waals surface area (Å²) >= 11 is 1.83. The molecular weight excluding hydrogens is 218 g/mol. The van der Waals surface area contributed by atoms with Crippen LogP contribution in [-0.4, -0.2) is 24.1 Å². The van der Waals surface area contributed by atoms with Gasteiger partial charge in [-0.15, -0.1) is 11.3 Å². The molecule has 16 heavy (non-hydrogen) atoms. The van der Waals surface area contributed by atoms with Crippen molar-refractivity contribution in [2.24, 2.45) is 0 Å². The molecule has 1 aromatic heterocycles. The summed E-state index contributed by atoms with van der Waals surface area (Å²) in [6.07, 6.45) is 3.64. The average Bonchev–Trinajstić information content (AvgIpc) is 2.68. The van der Waals surface area contributed by atoms with Gasteiger partial charge in [-0.05, 0) is 32.7 Å². The number of aromatic nitrogens is 1. The number of piperidine rings is 1. The molecule has 1 aliphatic rings. The Labute approximate surface area is 102 Å². The lowest BCUT2D eigenvalue weighted by Crippen LogP contribution is -2.42. The summed E-state index contributed by atoms with van der Waals surface area (Å²) in [5.74, 6) is 0. The standard InChI is InChI=1S/C12H21N3S/c1-3-11-12(16-9(2)15-11)8-14-10-5-4-6-13-7-10/h10,13-14H,3-8H2,1-2H3/t10-/m0/s1. The minimum Gasteiger partial charge on any atom is -0.315 e. The lowest BCUT2D eigenvalue weighted by atomic mass is 10.1. The van der Waals surface area contributed by atoms with Crippen LogP contribution in [0.5, 0.6) is 0 Å². The lowest BCUT2D eigenvalue weighted by molar-refractivity contribution is 0.389. The van der Waals surface area contributed by atoms with Gasteiger partial charge < -0.3 is 10.6 Å². The second-order valence-electron chi connectivity index (χ2n) is 4.38. The Morgan fingerprint density at radius 1 is 1.56 bits per heavy atom. The Kier molecular flexibility index (Phi) is 4.32. The maximum absolute atomic E-state index is 4.56. The van der Waals surface area contributed by atoms with Crippen LogP contribution in [0.1, 0.15) is 35.3 Å². The Morgan fingerprint density at radius 2 is 2.44 bits per heavy atom. The summed E-state index contributed by atoms with van der Waals surface area (Å²) in [6, 6.07) is 0.640. The summed E-state index contributed by atoms with van der Waals surface area (Å²) < 4.78 is 0. The predicted octanol–water partition coefficient (Wildman–Crippen LogP) is 1.86. The van der Waals surface area contributed by atoms with Crippen molar-refractivity contribution in [2.45, 2.75) is 45.7 Å². The van der Waals surface area contributed by atoms with Gasteiger partial charge in [0.05, 0.1) is 10.7 Å². The Morgan fingerprint density at radius 3 is 3.12 bits per heavy atom. The van der Waals surface area contributed by atoms with Gasteiger partial charge >= 0.3 is 0 Å². The van der Waals surface area contributed by atoms with Crippen molar-refractivity contribution in [1.82, 2.24) is 15.6 Å². The van der Waals surface area contributed by atoms with Crippen LogP contribution in [0.2, 0.25) is 0 Å². The molecule has 4 heteroatoms. The number of nitrogens with zero attached hydrogens (tertiary/aromatic N) is 1. The molecule has 1 atom stereocenters. The van der Waals surface area contributed by atoms with Gasteiger partial charge in [0.1, 0.15) is 0 Å². The van der Waals surface area contributed by atoms with Gasteiger partial charge in [-0.25, -0.2) is 4.98 Å². The summed E-state index contributed by atoms with van der Waals surface area (Å²) in [4.78, 5) is 5.98. The lowest BCUT2D eigenvalue weighted by Gasteiger charge is -2.23. The van der Waals surface area contributed by atoms with Gasteiger partial charge in [0.25, 0.3) is 0 Å². The first-order valence-corrected chi connectivity index (χ1v) is 7.00. The van der Waals surface area contributed by atoms with Crippen LogP contribution in [0, 0.1) is 6.92 Å². The summed E-state index contributed by atoms with van der Waals surface area (Å²) in [6.45, 7) is 7.55. The third-order valence-electron chi connectivity index (χ3n) is 3.07. The first-order chi connectivity index (χ1) is 7.79. The number of nitrogens with one attached hydrogen (secondary N) is 2. The van der Waals surface area contributed by atoms with Crippen molar-refractivity contribution in [3.05, 3.63) is 15.6 Å². The summed E-state index contributed by atoms with van der Waals surface area (Å²) in [7, 11) is 0. The topological polar surface area (TPSA) is 37.0 Å². The van der Waals surface area contributed by atoms with Crippen LogP contribution in [-0.2, 0) is 13.0 Å². The van der Waals surface area contributed by atoms with E-state index in [-0.39, 0.29) is 0 Å². The molecule has 1 saturated heterocycles. The van der Waals surface area contributed by atoms with Crippen molar-refractivity contribution in [3.8, 4) is 0 Å². The number of hydrogen-bond acceptors (Lipinski definition) is 4. The van der Waals surface area contributed by atoms with Crippen LogP contribution in [0.4, 0.5) is 0 Å². The second kappa shape index (κ2) is 5.75. The molecule has 1 aliphatic heterocycles. The first kappa shape index (κ1) is 12.0. The maximum atomic E-state index is 4.56. The number of rotatable bonds is 4. The SMILES string of the molecule is CCc1nc(C)sc1CN[C@H]1CCCNC1. The molecule has 0 unspecified atom stereocenters. The van der Waals surface area contributed by atoms with Crippen LogP contribution < -0.4 is 10.6 Å². The fourth-order valence-electron chi connectivity index (χ4n) is 2.19.